The van der Waals surface area contributed by atoms with Crippen molar-refractivity contribution in [3.63, 3.8) is 0 Å². The molecule has 0 fully saturated rings. The second-order valence-electron chi connectivity index (χ2n) is 2.01. The normalized spacial score (nSPS) is 13.4. The molecule has 0 radical (unpaired) electrons. The van der Waals surface area contributed by atoms with Crippen LogP contribution >= 0.6 is 15.9 Å². The van der Waals surface area contributed by atoms with Crippen LogP contribution in [0, 0.1) is 0 Å². The number of aliphatic hydroxyl groups is 1. The Morgan fingerprint density at radius 1 is 1.64 bits per heavy atom. The lowest BCUT2D eigenvalue weighted by molar-refractivity contribution is 0.0797. The fourth-order valence-electron chi connectivity index (χ4n) is 0.710. The van der Waals surface area contributed by atoms with Gasteiger partial charge in [0.05, 0.1) is 6.61 Å². The molecule has 1 aromatic rings. The molecule has 1 rings (SSSR count). The monoisotopic (exact) mass is 221 g/mol. The van der Waals surface area contributed by atoms with Crippen molar-refractivity contribution in [2.24, 2.45) is 0 Å². The highest BCUT2D eigenvalue weighted by Crippen LogP contribution is 2.19. The minimum atomic E-state index is -0.554. The Kier molecular flexibility index (Phi) is 3.07. The molecule has 1 atom stereocenters. The molecule has 1 heterocycles. The standard InChI is InChI=1S/C6H8BrNO3/c7-6-2-1-5(11-6)4(3-9)8-10/h1-2,4,8-10H,3H2. The van der Waals surface area contributed by atoms with Gasteiger partial charge >= 0.3 is 0 Å². The van der Waals surface area contributed by atoms with Crippen LogP contribution in [0.25, 0.3) is 0 Å². The van der Waals surface area contributed by atoms with E-state index in [1.54, 1.807) is 12.1 Å². The Hall–Kier alpha value is -0.360. The van der Waals surface area contributed by atoms with Crippen LogP contribution in [-0.4, -0.2) is 16.9 Å². The number of halogens is 1. The zero-order chi connectivity index (χ0) is 8.27. The summed E-state index contributed by atoms with van der Waals surface area (Å²) in [4.78, 5) is 0. The van der Waals surface area contributed by atoms with Crippen LogP contribution in [0.2, 0.25) is 0 Å². The first-order chi connectivity index (χ1) is 5.27. The Bertz CT molecular complexity index is 221. The first-order valence-corrected chi connectivity index (χ1v) is 3.83. The summed E-state index contributed by atoms with van der Waals surface area (Å²) in [7, 11) is 0. The molecule has 0 saturated carbocycles. The number of hydrogen-bond donors (Lipinski definition) is 3. The number of hydrogen-bond acceptors (Lipinski definition) is 4. The van der Waals surface area contributed by atoms with Crippen molar-refractivity contribution in [2.45, 2.75) is 6.04 Å². The van der Waals surface area contributed by atoms with Crippen molar-refractivity contribution < 1.29 is 14.7 Å². The fraction of sp³-hybridized carbons (Fsp3) is 0.333. The zero-order valence-electron chi connectivity index (χ0n) is 5.62. The lowest BCUT2D eigenvalue weighted by Gasteiger charge is -2.06. The van der Waals surface area contributed by atoms with E-state index < -0.39 is 6.04 Å². The topological polar surface area (TPSA) is 65.6 Å². The van der Waals surface area contributed by atoms with Crippen LogP contribution in [-0.2, 0) is 0 Å². The summed E-state index contributed by atoms with van der Waals surface area (Å²) in [6.45, 7) is -0.212. The van der Waals surface area contributed by atoms with Crippen molar-refractivity contribution in [1.82, 2.24) is 5.48 Å². The number of aliphatic hydroxyl groups excluding tert-OH is 1. The van der Waals surface area contributed by atoms with Gasteiger partial charge in [-0.2, -0.15) is 5.48 Å². The predicted octanol–water partition coefficient (Wildman–Crippen LogP) is 1.05. The molecule has 0 amide bonds. The molecule has 0 bridgehead atoms. The minimum Gasteiger partial charge on any atom is -0.453 e. The maximum atomic E-state index is 8.69. The average molecular weight is 222 g/mol. The maximum Gasteiger partial charge on any atom is 0.169 e. The molecule has 0 aromatic carbocycles. The molecule has 0 aliphatic carbocycles. The van der Waals surface area contributed by atoms with E-state index in [1.165, 1.54) is 0 Å². The van der Waals surface area contributed by atoms with E-state index in [4.69, 9.17) is 14.7 Å². The third kappa shape index (κ3) is 2.03. The summed E-state index contributed by atoms with van der Waals surface area (Å²) in [6.07, 6.45) is 0. The van der Waals surface area contributed by atoms with Gasteiger partial charge in [0.25, 0.3) is 0 Å². The molecule has 0 spiro atoms. The van der Waals surface area contributed by atoms with Gasteiger partial charge in [0.1, 0.15) is 11.8 Å². The van der Waals surface area contributed by atoms with Crippen molar-refractivity contribution in [3.8, 4) is 0 Å². The predicted molar refractivity (Wildman–Crippen MR) is 41.2 cm³/mol. The van der Waals surface area contributed by atoms with Crippen molar-refractivity contribution in [1.29, 1.82) is 0 Å². The van der Waals surface area contributed by atoms with E-state index >= 15 is 0 Å². The maximum absolute atomic E-state index is 8.69. The zero-order valence-corrected chi connectivity index (χ0v) is 7.21. The minimum absolute atomic E-state index is 0.212. The molecule has 5 heteroatoms. The van der Waals surface area contributed by atoms with Gasteiger partial charge in [0.15, 0.2) is 4.67 Å². The highest BCUT2D eigenvalue weighted by Gasteiger charge is 2.12. The highest BCUT2D eigenvalue weighted by atomic mass is 79.9. The quantitative estimate of drug-likeness (QED) is 0.669. The van der Waals surface area contributed by atoms with E-state index in [-0.39, 0.29) is 6.61 Å². The molecule has 1 unspecified atom stereocenters. The molecule has 0 aliphatic heterocycles. The van der Waals surface area contributed by atoms with Gasteiger partial charge < -0.3 is 14.7 Å². The van der Waals surface area contributed by atoms with Gasteiger partial charge in [-0.1, -0.05) is 0 Å². The van der Waals surface area contributed by atoms with E-state index in [9.17, 15) is 0 Å². The average Bonchev–Trinajstić information content (AvgIpc) is 2.39. The SMILES string of the molecule is OCC(NO)c1ccc(Br)o1. The number of nitrogens with one attached hydrogen (secondary N) is 1. The first-order valence-electron chi connectivity index (χ1n) is 3.03. The summed E-state index contributed by atoms with van der Waals surface area (Å²) in [5, 5.41) is 17.2. The van der Waals surface area contributed by atoms with Crippen LogP contribution < -0.4 is 5.48 Å². The van der Waals surface area contributed by atoms with Gasteiger partial charge in [0, 0.05) is 0 Å². The first kappa shape index (κ1) is 8.73. The summed E-state index contributed by atoms with van der Waals surface area (Å²) in [5.41, 5.74) is 1.92. The lowest BCUT2D eigenvalue weighted by atomic mass is 10.2. The summed E-state index contributed by atoms with van der Waals surface area (Å²) in [5.74, 6) is 0.488. The van der Waals surface area contributed by atoms with Crippen LogP contribution in [0.4, 0.5) is 0 Å². The number of hydroxylamine groups is 1. The van der Waals surface area contributed by atoms with Crippen LogP contribution in [0.3, 0.4) is 0 Å². The summed E-state index contributed by atoms with van der Waals surface area (Å²) in [6, 6.07) is 2.80. The molecule has 0 aliphatic rings. The van der Waals surface area contributed by atoms with Crippen LogP contribution in [0.5, 0.6) is 0 Å². The summed E-state index contributed by atoms with van der Waals surface area (Å²) < 4.78 is 5.63. The van der Waals surface area contributed by atoms with E-state index in [1.807, 2.05) is 5.48 Å². The molecule has 4 nitrogen and oxygen atoms in total. The molecule has 62 valence electrons. The molecule has 0 saturated heterocycles. The van der Waals surface area contributed by atoms with Gasteiger partial charge in [-0.25, -0.2) is 0 Å². The molecular formula is C6H8BrNO3. The molecule has 1 aromatic heterocycles. The third-order valence-electron chi connectivity index (χ3n) is 1.28. The van der Waals surface area contributed by atoms with Gasteiger partial charge in [0.2, 0.25) is 0 Å². The third-order valence-corrected chi connectivity index (χ3v) is 1.70. The Balaban J connectivity index is 2.73. The van der Waals surface area contributed by atoms with Gasteiger partial charge in [-0.15, -0.1) is 0 Å². The van der Waals surface area contributed by atoms with Gasteiger partial charge in [-0.3, -0.25) is 0 Å². The van der Waals surface area contributed by atoms with Crippen molar-refractivity contribution >= 4 is 15.9 Å². The van der Waals surface area contributed by atoms with Crippen LogP contribution in [0.15, 0.2) is 21.2 Å². The molecular weight excluding hydrogens is 214 g/mol. The largest absolute Gasteiger partial charge is 0.453 e. The van der Waals surface area contributed by atoms with E-state index in [0.717, 1.165) is 0 Å². The Morgan fingerprint density at radius 3 is 2.73 bits per heavy atom. The molecule has 3 N–H and O–H groups in total. The van der Waals surface area contributed by atoms with E-state index in [2.05, 4.69) is 15.9 Å². The Morgan fingerprint density at radius 2 is 2.36 bits per heavy atom. The van der Waals surface area contributed by atoms with Crippen LogP contribution in [0.1, 0.15) is 11.8 Å². The summed E-state index contributed by atoms with van der Waals surface area (Å²) >= 11 is 3.10. The Labute approximate surface area is 71.9 Å². The highest BCUT2D eigenvalue weighted by molar-refractivity contribution is 9.10. The second-order valence-corrected chi connectivity index (χ2v) is 2.79. The smallest absolute Gasteiger partial charge is 0.169 e. The lowest BCUT2D eigenvalue weighted by Crippen LogP contribution is -2.19. The van der Waals surface area contributed by atoms with Crippen molar-refractivity contribution in [3.05, 3.63) is 22.6 Å². The van der Waals surface area contributed by atoms with E-state index in [0.29, 0.717) is 10.4 Å². The number of rotatable bonds is 3. The second kappa shape index (κ2) is 3.87. The number of furan rings is 1. The fourth-order valence-corrected chi connectivity index (χ4v) is 1.03. The molecule has 11 heavy (non-hydrogen) atoms. The van der Waals surface area contributed by atoms with Crippen molar-refractivity contribution in [2.75, 3.05) is 6.61 Å². The van der Waals surface area contributed by atoms with Gasteiger partial charge in [-0.05, 0) is 28.1 Å².